The highest BCUT2D eigenvalue weighted by molar-refractivity contribution is 5.70. The highest BCUT2D eigenvalue weighted by atomic mass is 16.3. The lowest BCUT2D eigenvalue weighted by molar-refractivity contribution is 0.520. The van der Waals surface area contributed by atoms with Crippen molar-refractivity contribution in [3.63, 3.8) is 0 Å². The predicted molar refractivity (Wildman–Crippen MR) is 70.7 cm³/mol. The van der Waals surface area contributed by atoms with Gasteiger partial charge in [-0.15, -0.1) is 0 Å². The molecule has 0 aliphatic rings. The lowest BCUT2D eigenvalue weighted by Crippen LogP contribution is -2.19. The van der Waals surface area contributed by atoms with Crippen LogP contribution in [0, 0.1) is 5.92 Å². The number of nitrogens with zero attached hydrogens (tertiary/aromatic N) is 3. The number of imidazole rings is 1. The smallest absolute Gasteiger partial charge is 0.328 e. The highest BCUT2D eigenvalue weighted by Gasteiger charge is 2.12. The molecule has 0 fully saturated rings. The fourth-order valence-corrected chi connectivity index (χ4v) is 2.00. The molecule has 0 atom stereocenters. The molecule has 0 unspecified atom stereocenters. The van der Waals surface area contributed by atoms with Gasteiger partial charge in [-0.25, -0.2) is 14.8 Å². The first-order valence-electron chi connectivity index (χ1n) is 6.13. The Balaban J connectivity index is 2.18. The molecule has 3 aromatic heterocycles. The van der Waals surface area contributed by atoms with Crippen LogP contribution in [0.3, 0.4) is 0 Å². The molecule has 0 amide bonds. The molecule has 0 saturated carbocycles. The zero-order valence-corrected chi connectivity index (χ0v) is 10.8. The summed E-state index contributed by atoms with van der Waals surface area (Å²) in [5, 5.41) is 0. The van der Waals surface area contributed by atoms with E-state index >= 15 is 0 Å². The van der Waals surface area contributed by atoms with Gasteiger partial charge in [0, 0.05) is 12.1 Å². The fourth-order valence-electron chi connectivity index (χ4n) is 2.00. The van der Waals surface area contributed by atoms with Gasteiger partial charge in [0.15, 0.2) is 11.3 Å². The Morgan fingerprint density at radius 1 is 1.47 bits per heavy atom. The summed E-state index contributed by atoms with van der Waals surface area (Å²) in [6.45, 7) is 4.72. The number of nitrogens with one attached hydrogen (secondary N) is 1. The van der Waals surface area contributed by atoms with Crippen molar-refractivity contribution in [1.29, 1.82) is 0 Å². The van der Waals surface area contributed by atoms with E-state index in [2.05, 4.69) is 28.8 Å². The molecule has 0 aliphatic heterocycles. The Morgan fingerprint density at radius 3 is 3.00 bits per heavy atom. The van der Waals surface area contributed by atoms with Crippen LogP contribution in [0.15, 0.2) is 34.0 Å². The largest absolute Gasteiger partial charge is 0.472 e. The summed E-state index contributed by atoms with van der Waals surface area (Å²) in [7, 11) is 0. The van der Waals surface area contributed by atoms with Crippen LogP contribution in [-0.2, 0) is 6.54 Å². The molecule has 0 radical (unpaired) electrons. The quantitative estimate of drug-likeness (QED) is 0.779. The average molecular weight is 258 g/mol. The van der Waals surface area contributed by atoms with Crippen molar-refractivity contribution in [2.24, 2.45) is 5.92 Å². The average Bonchev–Trinajstić information content (AvgIpc) is 2.98. The zero-order chi connectivity index (χ0) is 13.4. The molecule has 6 nitrogen and oxygen atoms in total. The number of hydrogen-bond donors (Lipinski definition) is 1. The summed E-state index contributed by atoms with van der Waals surface area (Å²) in [6, 6.07) is 1.81. The highest BCUT2D eigenvalue weighted by Crippen LogP contribution is 2.18. The summed E-state index contributed by atoms with van der Waals surface area (Å²) in [6.07, 6.45) is 4.82. The van der Waals surface area contributed by atoms with E-state index < -0.39 is 0 Å². The van der Waals surface area contributed by atoms with Crippen molar-refractivity contribution < 1.29 is 4.42 Å². The molecular formula is C13H14N4O2. The zero-order valence-electron chi connectivity index (χ0n) is 10.8. The van der Waals surface area contributed by atoms with Crippen molar-refractivity contribution >= 4 is 11.3 Å². The van der Waals surface area contributed by atoms with Crippen LogP contribution < -0.4 is 5.69 Å². The van der Waals surface area contributed by atoms with Gasteiger partial charge in [-0.2, -0.15) is 0 Å². The van der Waals surface area contributed by atoms with Crippen molar-refractivity contribution in [2.45, 2.75) is 20.4 Å². The van der Waals surface area contributed by atoms with E-state index in [9.17, 15) is 4.79 Å². The molecule has 6 heteroatoms. The number of furan rings is 1. The molecule has 19 heavy (non-hydrogen) atoms. The maximum atomic E-state index is 11.9. The molecule has 3 heterocycles. The first-order valence-corrected chi connectivity index (χ1v) is 6.13. The Hall–Kier alpha value is -2.37. The third-order valence-electron chi connectivity index (χ3n) is 2.84. The summed E-state index contributed by atoms with van der Waals surface area (Å²) >= 11 is 0. The van der Waals surface area contributed by atoms with Gasteiger partial charge in [0.25, 0.3) is 0 Å². The molecular weight excluding hydrogens is 244 g/mol. The molecule has 0 bridgehead atoms. The summed E-state index contributed by atoms with van der Waals surface area (Å²) in [4.78, 5) is 23.3. The molecule has 1 N–H and O–H groups in total. The van der Waals surface area contributed by atoms with Crippen LogP contribution in [0.4, 0.5) is 0 Å². The number of aromatic amines is 1. The number of rotatable bonds is 3. The van der Waals surface area contributed by atoms with Crippen LogP contribution in [0.2, 0.25) is 0 Å². The molecule has 0 aromatic carbocycles. The van der Waals surface area contributed by atoms with Crippen molar-refractivity contribution in [3.8, 4) is 11.3 Å². The number of fused-ring (bicyclic) bond motifs is 1. The maximum Gasteiger partial charge on any atom is 0.328 e. The Kier molecular flexibility index (Phi) is 2.70. The van der Waals surface area contributed by atoms with Gasteiger partial charge in [0.2, 0.25) is 0 Å². The van der Waals surface area contributed by atoms with Crippen LogP contribution in [0.5, 0.6) is 0 Å². The third kappa shape index (κ3) is 2.05. The summed E-state index contributed by atoms with van der Waals surface area (Å²) in [5.74, 6) is 0.357. The fraction of sp³-hybridized carbons (Fsp3) is 0.308. The third-order valence-corrected chi connectivity index (χ3v) is 2.84. The molecule has 3 aromatic rings. The first kappa shape index (κ1) is 11.7. The first-order chi connectivity index (χ1) is 9.15. The minimum absolute atomic E-state index is 0.173. The minimum atomic E-state index is -0.173. The predicted octanol–water partition coefficient (Wildman–Crippen LogP) is 2.04. The molecule has 0 aliphatic carbocycles. The normalized spacial score (nSPS) is 11.5. The van der Waals surface area contributed by atoms with Gasteiger partial charge in [-0.05, 0) is 12.0 Å². The van der Waals surface area contributed by atoms with Crippen molar-refractivity contribution in [1.82, 2.24) is 19.5 Å². The molecule has 98 valence electrons. The lowest BCUT2D eigenvalue weighted by Gasteiger charge is -2.05. The maximum absolute atomic E-state index is 11.9. The van der Waals surface area contributed by atoms with Crippen LogP contribution in [-0.4, -0.2) is 19.5 Å². The van der Waals surface area contributed by atoms with E-state index in [1.54, 1.807) is 23.3 Å². The van der Waals surface area contributed by atoms with Gasteiger partial charge in [0.1, 0.15) is 0 Å². The van der Waals surface area contributed by atoms with Gasteiger partial charge in [-0.3, -0.25) is 9.55 Å². The topological polar surface area (TPSA) is 76.7 Å². The van der Waals surface area contributed by atoms with Gasteiger partial charge >= 0.3 is 5.69 Å². The van der Waals surface area contributed by atoms with Crippen LogP contribution >= 0.6 is 0 Å². The molecule has 3 rings (SSSR count). The Bertz CT molecular complexity index is 753. The SMILES string of the molecule is CC(C)Cn1c(=O)[nH]c2ncc(-c3ccoc3)nc21. The van der Waals surface area contributed by atoms with Crippen LogP contribution in [0.1, 0.15) is 13.8 Å². The van der Waals surface area contributed by atoms with E-state index in [1.807, 2.05) is 6.07 Å². The van der Waals surface area contributed by atoms with Crippen molar-refractivity contribution in [3.05, 3.63) is 35.3 Å². The van der Waals surface area contributed by atoms with Crippen LogP contribution in [0.25, 0.3) is 22.6 Å². The summed E-state index contributed by atoms with van der Waals surface area (Å²) < 4.78 is 6.66. The minimum Gasteiger partial charge on any atom is -0.472 e. The number of aromatic nitrogens is 4. The molecule has 0 spiro atoms. The lowest BCUT2D eigenvalue weighted by atomic mass is 10.2. The molecule has 0 saturated heterocycles. The number of hydrogen-bond acceptors (Lipinski definition) is 4. The van der Waals surface area contributed by atoms with E-state index in [0.717, 1.165) is 5.56 Å². The second-order valence-corrected chi connectivity index (χ2v) is 4.87. The second kappa shape index (κ2) is 4.38. The Morgan fingerprint density at radius 2 is 2.32 bits per heavy atom. The second-order valence-electron chi connectivity index (χ2n) is 4.87. The number of H-pyrrole nitrogens is 1. The van der Waals surface area contributed by atoms with E-state index in [0.29, 0.717) is 29.5 Å². The standard InChI is InChI=1S/C13H14N4O2/c1-8(2)6-17-12-11(16-13(17)18)14-5-10(15-12)9-3-4-19-7-9/h3-5,7-8H,6H2,1-2H3,(H,14,16,18). The monoisotopic (exact) mass is 258 g/mol. The van der Waals surface area contributed by atoms with Gasteiger partial charge in [0.05, 0.1) is 24.4 Å². The Labute approximate surface area is 109 Å². The van der Waals surface area contributed by atoms with Crippen molar-refractivity contribution in [2.75, 3.05) is 0 Å². The van der Waals surface area contributed by atoms with E-state index in [-0.39, 0.29) is 5.69 Å². The van der Waals surface area contributed by atoms with Gasteiger partial charge < -0.3 is 4.42 Å². The van der Waals surface area contributed by atoms with Gasteiger partial charge in [-0.1, -0.05) is 13.8 Å². The summed E-state index contributed by atoms with van der Waals surface area (Å²) in [5.41, 5.74) is 2.46. The van der Waals surface area contributed by atoms with E-state index in [4.69, 9.17) is 4.42 Å². The van der Waals surface area contributed by atoms with E-state index in [1.165, 1.54) is 0 Å².